The van der Waals surface area contributed by atoms with Gasteiger partial charge in [0.25, 0.3) is 0 Å². The van der Waals surface area contributed by atoms with E-state index in [1.165, 1.54) is 0 Å². The number of Topliss-reactive ketones (excluding diaryl/α,β-unsaturated/α-hetero) is 2. The van der Waals surface area contributed by atoms with Gasteiger partial charge in [0.05, 0.1) is 12.0 Å². The number of nitrogens with zero attached hydrogens (tertiary/aromatic N) is 1. The molecular weight excluding hydrogens is 588 g/mol. The number of amides is 1. The Morgan fingerprint density at radius 3 is 2.29 bits per heavy atom. The minimum Gasteiger partial charge on any atom is -0.352 e. The van der Waals surface area contributed by atoms with Crippen LogP contribution in [0.5, 0.6) is 0 Å². The Labute approximate surface area is 253 Å². The quantitative estimate of drug-likeness (QED) is 0.232. The molecule has 0 aliphatic carbocycles. The molecule has 3 aliphatic heterocycles. The van der Waals surface area contributed by atoms with Crippen molar-refractivity contribution in [1.29, 1.82) is 0 Å². The fraction of sp³-hybridized carbons (Fsp3) is 0.194. The summed E-state index contributed by atoms with van der Waals surface area (Å²) in [7, 11) is 0. The predicted octanol–water partition coefficient (Wildman–Crippen LogP) is 7.26. The van der Waals surface area contributed by atoms with Crippen LogP contribution in [-0.4, -0.2) is 29.6 Å². The average molecular weight is 618 g/mol. The number of carbonyl (C=O) groups is 3. The molecule has 4 atom stereocenters. The van der Waals surface area contributed by atoms with Crippen LogP contribution in [0.4, 0.5) is 11.4 Å². The zero-order chi connectivity index (χ0) is 29.0. The lowest BCUT2D eigenvalue weighted by Crippen LogP contribution is -2.55. The predicted molar refractivity (Wildman–Crippen MR) is 169 cm³/mol. The summed E-state index contributed by atoms with van der Waals surface area (Å²) in [5.74, 6) is -1.50. The minimum absolute atomic E-state index is 0.143. The number of rotatable bonds is 6. The summed E-state index contributed by atoms with van der Waals surface area (Å²) in [6, 6.07) is 28.9. The van der Waals surface area contributed by atoms with E-state index in [4.69, 9.17) is 0 Å². The fourth-order valence-electron chi connectivity index (χ4n) is 7.21. The molecule has 3 aliphatic rings. The van der Waals surface area contributed by atoms with E-state index >= 15 is 0 Å². The monoisotopic (exact) mass is 616 g/mol. The van der Waals surface area contributed by atoms with E-state index in [2.05, 4.69) is 28.2 Å². The first-order chi connectivity index (χ1) is 20.4. The largest absolute Gasteiger partial charge is 0.352 e. The van der Waals surface area contributed by atoms with Gasteiger partial charge >= 0.3 is 0 Å². The molecule has 1 N–H and O–H groups in total. The molecule has 6 heteroatoms. The maximum Gasteiger partial charge on any atom is 0.238 e. The molecule has 5 nitrogen and oxygen atoms in total. The number of anilines is 2. The van der Waals surface area contributed by atoms with Gasteiger partial charge in [-0.25, -0.2) is 0 Å². The topological polar surface area (TPSA) is 66.5 Å². The number of ketones is 2. The van der Waals surface area contributed by atoms with E-state index < -0.39 is 23.4 Å². The molecule has 0 radical (unpaired) electrons. The SMILES string of the molecule is CCCc1ccc(C(=O)[C@@H]2C3C=Cc4ccccc4N3[C@H](C(=O)c3ccc(Br)cc3)[C@]23C(=O)Nc2ccccc23)cc1. The van der Waals surface area contributed by atoms with Crippen molar-refractivity contribution >= 4 is 50.9 Å². The number of nitrogens with one attached hydrogen (secondary N) is 1. The van der Waals surface area contributed by atoms with Gasteiger partial charge in [-0.3, -0.25) is 14.4 Å². The molecule has 0 bridgehead atoms. The second kappa shape index (κ2) is 10.2. The van der Waals surface area contributed by atoms with Crippen LogP contribution in [0.3, 0.4) is 0 Å². The van der Waals surface area contributed by atoms with Crippen LogP contribution in [0.15, 0.2) is 108 Å². The molecule has 4 aromatic rings. The van der Waals surface area contributed by atoms with Gasteiger partial charge in [0, 0.05) is 27.0 Å². The lowest BCUT2D eigenvalue weighted by atomic mass is 9.63. The van der Waals surface area contributed by atoms with E-state index in [9.17, 15) is 14.4 Å². The highest BCUT2D eigenvalue weighted by molar-refractivity contribution is 9.10. The van der Waals surface area contributed by atoms with Crippen molar-refractivity contribution in [2.24, 2.45) is 5.92 Å². The van der Waals surface area contributed by atoms with Gasteiger partial charge in [-0.2, -0.15) is 0 Å². The third-order valence-corrected chi connectivity index (χ3v) is 9.51. The first-order valence-corrected chi connectivity index (χ1v) is 15.1. The standard InChI is InChI=1S/C36H29BrN2O3/c1-2-7-22-12-14-24(15-13-22)32(40)31-30-21-18-23-8-3-6-11-29(23)39(30)34(33(41)25-16-19-26(37)20-17-25)36(31)27-9-4-5-10-28(27)38-35(36)42/h3-6,8-21,30-31,34H,2,7H2,1H3,(H,38,42)/t30?,31-,34+,36+/m0/s1. The molecule has 208 valence electrons. The normalized spacial score (nSPS) is 23.3. The van der Waals surface area contributed by atoms with E-state index in [0.717, 1.165) is 34.1 Å². The molecule has 1 amide bonds. The highest BCUT2D eigenvalue weighted by Gasteiger charge is 2.70. The Kier molecular flexibility index (Phi) is 6.47. The molecule has 1 unspecified atom stereocenters. The van der Waals surface area contributed by atoms with Crippen molar-refractivity contribution in [3.63, 3.8) is 0 Å². The first-order valence-electron chi connectivity index (χ1n) is 14.3. The first kappa shape index (κ1) is 26.6. The maximum absolute atomic E-state index is 14.8. The second-order valence-electron chi connectivity index (χ2n) is 11.2. The van der Waals surface area contributed by atoms with Crippen molar-refractivity contribution in [3.05, 3.63) is 135 Å². The number of halogens is 1. The number of fused-ring (bicyclic) bond motifs is 5. The maximum atomic E-state index is 14.8. The van der Waals surface area contributed by atoms with Gasteiger partial charge < -0.3 is 10.2 Å². The van der Waals surface area contributed by atoms with Gasteiger partial charge in [0.15, 0.2) is 11.6 Å². The summed E-state index contributed by atoms with van der Waals surface area (Å²) in [5, 5.41) is 3.07. The number of para-hydroxylation sites is 2. The summed E-state index contributed by atoms with van der Waals surface area (Å²) in [4.78, 5) is 46.1. The molecular formula is C36H29BrN2O3. The van der Waals surface area contributed by atoms with E-state index in [-0.39, 0.29) is 17.5 Å². The number of benzene rings is 4. The lowest BCUT2D eigenvalue weighted by molar-refractivity contribution is -0.121. The fourth-order valence-corrected chi connectivity index (χ4v) is 7.48. The summed E-state index contributed by atoms with van der Waals surface area (Å²) in [6.45, 7) is 2.13. The van der Waals surface area contributed by atoms with Gasteiger partial charge in [-0.1, -0.05) is 114 Å². The van der Waals surface area contributed by atoms with Crippen LogP contribution < -0.4 is 10.2 Å². The minimum atomic E-state index is -1.45. The number of aryl methyl sites for hydroxylation is 1. The Morgan fingerprint density at radius 1 is 0.857 bits per heavy atom. The van der Waals surface area contributed by atoms with Crippen LogP contribution in [0.25, 0.3) is 6.08 Å². The van der Waals surface area contributed by atoms with Gasteiger partial charge in [-0.15, -0.1) is 0 Å². The third-order valence-electron chi connectivity index (χ3n) is 8.98. The molecule has 7 rings (SSSR count). The van der Waals surface area contributed by atoms with Crippen LogP contribution in [0.1, 0.15) is 50.8 Å². The van der Waals surface area contributed by atoms with Gasteiger partial charge in [-0.05, 0) is 47.4 Å². The molecule has 0 aromatic heterocycles. The van der Waals surface area contributed by atoms with Crippen molar-refractivity contribution in [2.75, 3.05) is 10.2 Å². The number of hydrogen-bond donors (Lipinski definition) is 1. The van der Waals surface area contributed by atoms with Crippen LogP contribution in [0.2, 0.25) is 0 Å². The van der Waals surface area contributed by atoms with Crippen molar-refractivity contribution in [2.45, 2.75) is 37.3 Å². The van der Waals surface area contributed by atoms with Crippen molar-refractivity contribution < 1.29 is 14.4 Å². The smallest absolute Gasteiger partial charge is 0.238 e. The highest BCUT2D eigenvalue weighted by atomic mass is 79.9. The lowest BCUT2D eigenvalue weighted by Gasteiger charge is -2.37. The summed E-state index contributed by atoms with van der Waals surface area (Å²) < 4.78 is 0.854. The molecule has 1 spiro atoms. The van der Waals surface area contributed by atoms with Crippen LogP contribution in [-0.2, 0) is 16.6 Å². The summed E-state index contributed by atoms with van der Waals surface area (Å²) >= 11 is 3.48. The second-order valence-corrected chi connectivity index (χ2v) is 12.2. The zero-order valence-electron chi connectivity index (χ0n) is 23.1. The van der Waals surface area contributed by atoms with Gasteiger partial charge in [0.1, 0.15) is 11.5 Å². The molecule has 0 saturated carbocycles. The molecule has 1 fully saturated rings. The Hall–Kier alpha value is -4.29. The summed E-state index contributed by atoms with van der Waals surface area (Å²) in [5.41, 5.74) is 3.85. The molecule has 4 aromatic carbocycles. The van der Waals surface area contributed by atoms with Crippen LogP contribution in [0, 0.1) is 5.92 Å². The number of hydrogen-bond acceptors (Lipinski definition) is 4. The molecule has 3 heterocycles. The van der Waals surface area contributed by atoms with E-state index in [1.807, 2.05) is 102 Å². The van der Waals surface area contributed by atoms with Gasteiger partial charge in [0.2, 0.25) is 5.91 Å². The Balaban J connectivity index is 1.49. The van der Waals surface area contributed by atoms with E-state index in [1.54, 1.807) is 12.1 Å². The zero-order valence-corrected chi connectivity index (χ0v) is 24.7. The summed E-state index contributed by atoms with van der Waals surface area (Å²) in [6.07, 6.45) is 5.95. The number of carbonyl (C=O) groups excluding carboxylic acids is 3. The molecule has 42 heavy (non-hydrogen) atoms. The Bertz CT molecular complexity index is 1760. The van der Waals surface area contributed by atoms with Crippen LogP contribution >= 0.6 is 15.9 Å². The third kappa shape index (κ3) is 3.85. The Morgan fingerprint density at radius 2 is 1.52 bits per heavy atom. The van der Waals surface area contributed by atoms with E-state index in [0.29, 0.717) is 22.4 Å². The molecule has 1 saturated heterocycles. The highest BCUT2D eigenvalue weighted by Crippen LogP contribution is 2.58. The van der Waals surface area contributed by atoms with Crippen molar-refractivity contribution in [3.8, 4) is 0 Å². The van der Waals surface area contributed by atoms with Crippen molar-refractivity contribution in [1.82, 2.24) is 0 Å². The average Bonchev–Trinajstić information content (AvgIpc) is 3.49.